The molecule has 0 bridgehead atoms. The minimum atomic E-state index is -0.442. The van der Waals surface area contributed by atoms with Crippen LogP contribution in [0.4, 0.5) is 10.1 Å². The average molecular weight is 456 g/mol. The van der Waals surface area contributed by atoms with Crippen molar-refractivity contribution in [2.45, 2.75) is 51.5 Å². The Kier molecular flexibility index (Phi) is 7.05. The molecule has 1 saturated heterocycles. The van der Waals surface area contributed by atoms with Crippen LogP contribution in [0.25, 0.3) is 0 Å². The molecule has 0 spiro atoms. The molecule has 8 nitrogen and oxygen atoms in total. The standard InChI is InChI=1S/C24H30FN5O3/c1-28-20-11-14-30(22(32)10-9-21(31)29-12-4-2-3-5-13-29)16-19(20)23(27-28)24(33)26-18-8-6-7-17(25)15-18/h6-8,15H,2-5,9-14,16H2,1H3,(H,26,33). The van der Waals surface area contributed by atoms with Crippen molar-refractivity contribution in [1.29, 1.82) is 0 Å². The summed E-state index contributed by atoms with van der Waals surface area (Å²) in [7, 11) is 1.77. The first-order valence-corrected chi connectivity index (χ1v) is 11.6. The summed E-state index contributed by atoms with van der Waals surface area (Å²) in [5.41, 5.74) is 2.18. The Morgan fingerprint density at radius 3 is 2.39 bits per heavy atom. The number of fused-ring (bicyclic) bond motifs is 1. The van der Waals surface area contributed by atoms with E-state index in [1.807, 2.05) is 4.90 Å². The third-order valence-corrected chi connectivity index (χ3v) is 6.40. The monoisotopic (exact) mass is 455 g/mol. The lowest BCUT2D eigenvalue weighted by atomic mass is 10.0. The van der Waals surface area contributed by atoms with Gasteiger partial charge in [0.2, 0.25) is 11.8 Å². The normalized spacial score (nSPS) is 16.2. The van der Waals surface area contributed by atoms with Gasteiger partial charge in [-0.1, -0.05) is 18.9 Å². The van der Waals surface area contributed by atoms with Gasteiger partial charge < -0.3 is 15.1 Å². The molecule has 2 aromatic rings. The lowest BCUT2D eigenvalue weighted by molar-refractivity contribution is -0.137. The number of aryl methyl sites for hydroxylation is 1. The van der Waals surface area contributed by atoms with Gasteiger partial charge in [-0.15, -0.1) is 0 Å². The summed E-state index contributed by atoms with van der Waals surface area (Å²) in [6.07, 6.45) is 5.31. The molecule has 1 fully saturated rings. The highest BCUT2D eigenvalue weighted by Gasteiger charge is 2.29. The minimum Gasteiger partial charge on any atom is -0.343 e. The predicted octanol–water partition coefficient (Wildman–Crippen LogP) is 2.88. The van der Waals surface area contributed by atoms with Crippen LogP contribution in [-0.4, -0.2) is 56.9 Å². The molecule has 3 heterocycles. The maximum atomic E-state index is 13.5. The van der Waals surface area contributed by atoms with Gasteiger partial charge in [-0.25, -0.2) is 4.39 Å². The van der Waals surface area contributed by atoms with Crippen molar-refractivity contribution >= 4 is 23.4 Å². The lowest BCUT2D eigenvalue weighted by Gasteiger charge is -2.28. The van der Waals surface area contributed by atoms with Crippen molar-refractivity contribution in [2.75, 3.05) is 25.0 Å². The summed E-state index contributed by atoms with van der Waals surface area (Å²) >= 11 is 0. The van der Waals surface area contributed by atoms with Gasteiger partial charge in [0, 0.05) is 69.4 Å². The zero-order chi connectivity index (χ0) is 23.4. The van der Waals surface area contributed by atoms with Gasteiger partial charge in [0.25, 0.3) is 5.91 Å². The van der Waals surface area contributed by atoms with Gasteiger partial charge in [-0.2, -0.15) is 5.10 Å². The number of carbonyl (C=O) groups excluding carboxylic acids is 3. The highest BCUT2D eigenvalue weighted by molar-refractivity contribution is 6.04. The second-order valence-electron chi connectivity index (χ2n) is 8.72. The number of amides is 3. The SMILES string of the molecule is Cn1nc(C(=O)Nc2cccc(F)c2)c2c1CCN(C(=O)CCC(=O)N1CCCCCC1)C2. The Hall–Kier alpha value is -3.23. The van der Waals surface area contributed by atoms with Gasteiger partial charge in [0.1, 0.15) is 5.82 Å². The molecular formula is C24H30FN5O3. The topological polar surface area (TPSA) is 87.5 Å². The molecular weight excluding hydrogens is 425 g/mol. The smallest absolute Gasteiger partial charge is 0.276 e. The summed E-state index contributed by atoms with van der Waals surface area (Å²) < 4.78 is 15.1. The first-order valence-electron chi connectivity index (χ1n) is 11.6. The molecule has 0 saturated carbocycles. The molecule has 1 aromatic carbocycles. The maximum absolute atomic E-state index is 13.5. The third kappa shape index (κ3) is 5.40. The number of aromatic nitrogens is 2. The molecule has 0 radical (unpaired) electrons. The van der Waals surface area contributed by atoms with Crippen LogP contribution in [0.3, 0.4) is 0 Å². The number of nitrogens with zero attached hydrogens (tertiary/aromatic N) is 4. The number of hydrogen-bond acceptors (Lipinski definition) is 4. The van der Waals surface area contributed by atoms with Crippen molar-refractivity contribution < 1.29 is 18.8 Å². The van der Waals surface area contributed by atoms with E-state index in [0.717, 1.165) is 44.5 Å². The van der Waals surface area contributed by atoms with Crippen molar-refractivity contribution in [3.63, 3.8) is 0 Å². The van der Waals surface area contributed by atoms with Crippen LogP contribution >= 0.6 is 0 Å². The first-order chi connectivity index (χ1) is 15.9. The Balaban J connectivity index is 1.39. The van der Waals surface area contributed by atoms with Crippen molar-refractivity contribution in [3.05, 3.63) is 47.0 Å². The van der Waals surface area contributed by atoms with E-state index in [4.69, 9.17) is 0 Å². The summed E-state index contributed by atoms with van der Waals surface area (Å²) in [5.74, 6) is -0.936. The van der Waals surface area contributed by atoms with E-state index in [2.05, 4.69) is 10.4 Å². The fraction of sp³-hybridized carbons (Fsp3) is 0.500. The lowest BCUT2D eigenvalue weighted by Crippen LogP contribution is -2.38. The second-order valence-corrected chi connectivity index (χ2v) is 8.72. The van der Waals surface area contributed by atoms with E-state index in [9.17, 15) is 18.8 Å². The van der Waals surface area contributed by atoms with Crippen LogP contribution in [0.2, 0.25) is 0 Å². The largest absolute Gasteiger partial charge is 0.343 e. The molecule has 2 aliphatic heterocycles. The van der Waals surface area contributed by atoms with Gasteiger partial charge in [-0.05, 0) is 31.0 Å². The average Bonchev–Trinajstić information content (AvgIpc) is 2.96. The second kappa shape index (κ2) is 10.1. The van der Waals surface area contributed by atoms with Gasteiger partial charge in [0.05, 0.1) is 0 Å². The van der Waals surface area contributed by atoms with Crippen LogP contribution in [0, 0.1) is 5.82 Å². The summed E-state index contributed by atoms with van der Waals surface area (Å²) in [4.78, 5) is 41.8. The van der Waals surface area contributed by atoms with E-state index in [-0.39, 0.29) is 36.9 Å². The van der Waals surface area contributed by atoms with Crippen LogP contribution in [0.15, 0.2) is 24.3 Å². The summed E-state index contributed by atoms with van der Waals surface area (Å²) in [6, 6.07) is 5.67. The van der Waals surface area contributed by atoms with Gasteiger partial charge >= 0.3 is 0 Å². The molecule has 0 atom stereocenters. The number of hydrogen-bond donors (Lipinski definition) is 1. The highest BCUT2D eigenvalue weighted by atomic mass is 19.1. The van der Waals surface area contributed by atoms with Crippen molar-refractivity contribution in [1.82, 2.24) is 19.6 Å². The van der Waals surface area contributed by atoms with Crippen LogP contribution in [-0.2, 0) is 29.6 Å². The Labute approximate surface area is 192 Å². The number of benzene rings is 1. The van der Waals surface area contributed by atoms with E-state index in [1.54, 1.807) is 22.7 Å². The third-order valence-electron chi connectivity index (χ3n) is 6.40. The molecule has 33 heavy (non-hydrogen) atoms. The highest BCUT2D eigenvalue weighted by Crippen LogP contribution is 2.24. The zero-order valence-corrected chi connectivity index (χ0v) is 19.0. The van der Waals surface area contributed by atoms with Gasteiger partial charge in [-0.3, -0.25) is 19.1 Å². The number of anilines is 1. The summed E-state index contributed by atoms with van der Waals surface area (Å²) in [5, 5.41) is 7.04. The van der Waals surface area contributed by atoms with Crippen molar-refractivity contribution in [2.24, 2.45) is 7.05 Å². The van der Waals surface area contributed by atoms with Crippen LogP contribution < -0.4 is 5.32 Å². The number of halogens is 1. The van der Waals surface area contributed by atoms with Gasteiger partial charge in [0.15, 0.2) is 5.69 Å². The fourth-order valence-electron chi connectivity index (χ4n) is 4.59. The molecule has 0 aliphatic carbocycles. The van der Waals surface area contributed by atoms with Crippen LogP contribution in [0.1, 0.15) is 60.3 Å². The molecule has 3 amide bonds. The number of rotatable bonds is 5. The van der Waals surface area contributed by atoms with E-state index in [1.165, 1.54) is 18.2 Å². The molecule has 176 valence electrons. The van der Waals surface area contributed by atoms with E-state index < -0.39 is 11.7 Å². The van der Waals surface area contributed by atoms with E-state index in [0.29, 0.717) is 24.2 Å². The van der Waals surface area contributed by atoms with E-state index >= 15 is 0 Å². The Bertz CT molecular complexity index is 1040. The van der Waals surface area contributed by atoms with Crippen molar-refractivity contribution in [3.8, 4) is 0 Å². The molecule has 1 aromatic heterocycles. The molecule has 9 heteroatoms. The molecule has 1 N–H and O–H groups in total. The molecule has 2 aliphatic rings. The molecule has 4 rings (SSSR count). The number of nitrogens with one attached hydrogen (secondary N) is 1. The first kappa shape index (κ1) is 22.9. The molecule has 0 unspecified atom stereocenters. The zero-order valence-electron chi connectivity index (χ0n) is 19.0. The Morgan fingerprint density at radius 1 is 1.00 bits per heavy atom. The fourth-order valence-corrected chi connectivity index (χ4v) is 4.59. The van der Waals surface area contributed by atoms with Crippen LogP contribution in [0.5, 0.6) is 0 Å². The Morgan fingerprint density at radius 2 is 1.70 bits per heavy atom. The number of carbonyl (C=O) groups is 3. The predicted molar refractivity (Wildman–Crippen MR) is 121 cm³/mol. The number of likely N-dealkylation sites (tertiary alicyclic amines) is 1. The quantitative estimate of drug-likeness (QED) is 0.751. The maximum Gasteiger partial charge on any atom is 0.276 e. The summed E-state index contributed by atoms with van der Waals surface area (Å²) in [6.45, 7) is 2.35. The minimum absolute atomic E-state index is 0.0412.